The third kappa shape index (κ3) is 2.06. The zero-order valence-corrected chi connectivity index (χ0v) is 10.6. The molecular weight excluding hydrogens is 266 g/mol. The molecule has 1 aromatic carbocycles. The smallest absolute Gasteiger partial charge is 0.327 e. The van der Waals surface area contributed by atoms with Gasteiger partial charge < -0.3 is 5.73 Å². The van der Waals surface area contributed by atoms with Gasteiger partial charge in [-0.25, -0.2) is 9.78 Å². The van der Waals surface area contributed by atoms with Crippen LogP contribution in [0.4, 0.5) is 22.2 Å². The Kier molecular flexibility index (Phi) is 2.72. The minimum Gasteiger partial charge on any atom is -0.368 e. The van der Waals surface area contributed by atoms with Crippen molar-refractivity contribution < 1.29 is 4.79 Å². The topological polar surface area (TPSA) is 84.1 Å². The second-order valence-electron chi connectivity index (χ2n) is 4.07. The van der Waals surface area contributed by atoms with E-state index in [1.54, 1.807) is 18.3 Å². The molecule has 0 unspecified atom stereocenters. The summed E-state index contributed by atoms with van der Waals surface area (Å²) < 4.78 is 0. The molecule has 1 aliphatic rings. The van der Waals surface area contributed by atoms with E-state index >= 15 is 0 Å². The molecule has 0 spiro atoms. The molecule has 96 valence electrons. The lowest BCUT2D eigenvalue weighted by Gasteiger charge is -2.29. The van der Waals surface area contributed by atoms with Crippen molar-refractivity contribution in [3.05, 3.63) is 41.0 Å². The number of benzene rings is 1. The van der Waals surface area contributed by atoms with Crippen LogP contribution in [0, 0.1) is 0 Å². The quantitative estimate of drug-likeness (QED) is 0.836. The Balaban J connectivity index is 2.01. The fourth-order valence-corrected chi connectivity index (χ4v) is 2.16. The second-order valence-corrected chi connectivity index (χ2v) is 4.48. The molecule has 2 heterocycles. The average molecular weight is 276 g/mol. The van der Waals surface area contributed by atoms with Gasteiger partial charge in [-0.2, -0.15) is 4.98 Å². The van der Waals surface area contributed by atoms with Gasteiger partial charge in [-0.15, -0.1) is 0 Å². The normalized spacial score (nSPS) is 13.9. The van der Waals surface area contributed by atoms with Crippen molar-refractivity contribution in [3.8, 4) is 0 Å². The van der Waals surface area contributed by atoms with Gasteiger partial charge in [0.15, 0.2) is 0 Å². The Morgan fingerprint density at radius 3 is 2.95 bits per heavy atom. The number of fused-ring (bicyclic) bond motifs is 1. The van der Waals surface area contributed by atoms with Gasteiger partial charge in [-0.1, -0.05) is 23.7 Å². The Bertz CT molecular complexity index is 660. The molecule has 0 aliphatic carbocycles. The molecule has 0 radical (unpaired) electrons. The highest BCUT2D eigenvalue weighted by atomic mass is 35.5. The van der Waals surface area contributed by atoms with Crippen LogP contribution in [-0.4, -0.2) is 16.0 Å². The number of nitrogen functional groups attached to an aromatic ring is 1. The van der Waals surface area contributed by atoms with Gasteiger partial charge in [0.1, 0.15) is 5.82 Å². The van der Waals surface area contributed by atoms with Crippen molar-refractivity contribution >= 4 is 35.1 Å². The predicted octanol–water partition coefficient (Wildman–Crippen LogP) is 2.26. The minimum absolute atomic E-state index is 0.130. The number of nitrogens with zero attached hydrogens (tertiary/aromatic N) is 3. The van der Waals surface area contributed by atoms with Crippen molar-refractivity contribution in [2.75, 3.05) is 16.0 Å². The van der Waals surface area contributed by atoms with Crippen LogP contribution < -0.4 is 16.0 Å². The third-order valence-electron chi connectivity index (χ3n) is 2.83. The number of amides is 2. The number of hydrogen-bond donors (Lipinski definition) is 2. The van der Waals surface area contributed by atoms with Crippen LogP contribution in [-0.2, 0) is 6.54 Å². The van der Waals surface area contributed by atoms with Crippen LogP contribution in [0.5, 0.6) is 0 Å². The molecule has 3 rings (SSSR count). The number of nitrogens with one attached hydrogen (secondary N) is 1. The van der Waals surface area contributed by atoms with E-state index in [1.807, 2.05) is 12.1 Å². The van der Waals surface area contributed by atoms with Crippen LogP contribution in [0.25, 0.3) is 0 Å². The molecule has 1 aromatic heterocycles. The maximum absolute atomic E-state index is 12.1. The Morgan fingerprint density at radius 2 is 2.16 bits per heavy atom. The summed E-state index contributed by atoms with van der Waals surface area (Å²) in [4.78, 5) is 21.5. The van der Waals surface area contributed by atoms with E-state index in [-0.39, 0.29) is 12.0 Å². The van der Waals surface area contributed by atoms with Gasteiger partial charge in [-0.3, -0.25) is 10.2 Å². The van der Waals surface area contributed by atoms with E-state index in [4.69, 9.17) is 17.3 Å². The lowest BCUT2D eigenvalue weighted by atomic mass is 10.2. The number of anilines is 3. The van der Waals surface area contributed by atoms with Crippen molar-refractivity contribution in [2.24, 2.45) is 0 Å². The number of hydrogen-bond acceptors (Lipinski definition) is 4. The van der Waals surface area contributed by atoms with Crippen molar-refractivity contribution in [1.82, 2.24) is 9.97 Å². The molecule has 2 aromatic rings. The lowest BCUT2D eigenvalue weighted by molar-refractivity contribution is 0.256. The molecule has 3 N–H and O–H groups in total. The maximum Gasteiger partial charge on any atom is 0.327 e. The summed E-state index contributed by atoms with van der Waals surface area (Å²) in [7, 11) is 0. The van der Waals surface area contributed by atoms with Crippen LogP contribution in [0.1, 0.15) is 5.56 Å². The van der Waals surface area contributed by atoms with Crippen molar-refractivity contribution in [3.63, 3.8) is 0 Å². The van der Waals surface area contributed by atoms with Gasteiger partial charge in [0, 0.05) is 11.8 Å². The highest BCUT2D eigenvalue weighted by molar-refractivity contribution is 6.34. The summed E-state index contributed by atoms with van der Waals surface area (Å²) in [5, 5.41) is 3.19. The van der Waals surface area contributed by atoms with E-state index in [9.17, 15) is 4.79 Å². The molecule has 19 heavy (non-hydrogen) atoms. The molecule has 1 aliphatic heterocycles. The van der Waals surface area contributed by atoms with Gasteiger partial charge in [0.2, 0.25) is 5.95 Å². The fraction of sp³-hybridized carbons (Fsp3) is 0.0833. The second kappa shape index (κ2) is 4.40. The minimum atomic E-state index is -0.293. The first-order valence-corrected chi connectivity index (χ1v) is 5.97. The van der Waals surface area contributed by atoms with Crippen LogP contribution in [0.2, 0.25) is 5.02 Å². The summed E-state index contributed by atoms with van der Waals surface area (Å²) in [5.41, 5.74) is 6.92. The van der Waals surface area contributed by atoms with E-state index in [1.165, 1.54) is 4.90 Å². The number of rotatable bonds is 1. The summed E-state index contributed by atoms with van der Waals surface area (Å²) in [5.74, 6) is 0.575. The van der Waals surface area contributed by atoms with Crippen LogP contribution in [0.15, 0.2) is 30.5 Å². The van der Waals surface area contributed by atoms with E-state index in [0.29, 0.717) is 23.1 Å². The van der Waals surface area contributed by atoms with E-state index < -0.39 is 0 Å². The largest absolute Gasteiger partial charge is 0.368 e. The fourth-order valence-electron chi connectivity index (χ4n) is 1.92. The highest BCUT2D eigenvalue weighted by Gasteiger charge is 2.26. The van der Waals surface area contributed by atoms with Gasteiger partial charge in [0.05, 0.1) is 17.3 Å². The molecule has 0 saturated carbocycles. The molecular formula is C12H10ClN5O. The summed E-state index contributed by atoms with van der Waals surface area (Å²) in [6.45, 7) is 0.352. The van der Waals surface area contributed by atoms with Gasteiger partial charge in [0.25, 0.3) is 0 Å². The lowest BCUT2D eigenvalue weighted by Crippen LogP contribution is -2.39. The molecule has 2 amide bonds. The predicted molar refractivity (Wildman–Crippen MR) is 73.1 cm³/mol. The Labute approximate surface area is 114 Å². The molecule has 0 fully saturated rings. The first-order valence-electron chi connectivity index (χ1n) is 5.59. The van der Waals surface area contributed by atoms with Crippen LogP contribution in [0.3, 0.4) is 0 Å². The third-order valence-corrected chi connectivity index (χ3v) is 3.14. The van der Waals surface area contributed by atoms with E-state index in [0.717, 1.165) is 5.56 Å². The molecule has 0 saturated heterocycles. The number of aromatic nitrogens is 2. The number of halogens is 1. The summed E-state index contributed by atoms with van der Waals surface area (Å²) in [6, 6.07) is 6.86. The summed E-state index contributed by atoms with van der Waals surface area (Å²) >= 11 is 6.10. The first-order chi connectivity index (χ1) is 9.15. The molecule has 6 nitrogen and oxygen atoms in total. The zero-order valence-electron chi connectivity index (χ0n) is 9.80. The standard InChI is InChI=1S/C12H10ClN5O/c13-8-3-1-2-4-9(8)18-6-7-5-15-11(14)16-10(7)17-12(18)19/h1-5H,6H2,(H3,14,15,16,17,19). The van der Waals surface area contributed by atoms with Crippen LogP contribution >= 0.6 is 11.6 Å². The molecule has 0 bridgehead atoms. The number of para-hydroxylation sites is 1. The van der Waals surface area contributed by atoms with E-state index in [2.05, 4.69) is 15.3 Å². The monoisotopic (exact) mass is 275 g/mol. The van der Waals surface area contributed by atoms with Crippen molar-refractivity contribution in [2.45, 2.75) is 6.54 Å². The first kappa shape index (κ1) is 11.7. The number of urea groups is 1. The van der Waals surface area contributed by atoms with Gasteiger partial charge in [-0.05, 0) is 12.1 Å². The van der Waals surface area contributed by atoms with Crippen molar-refractivity contribution in [1.29, 1.82) is 0 Å². The maximum atomic E-state index is 12.1. The zero-order chi connectivity index (χ0) is 13.4. The average Bonchev–Trinajstić information content (AvgIpc) is 2.39. The number of carbonyl (C=O) groups excluding carboxylic acids is 1. The molecule has 7 heteroatoms. The molecule has 0 atom stereocenters. The number of nitrogens with two attached hydrogens (primary N) is 1. The van der Waals surface area contributed by atoms with Gasteiger partial charge >= 0.3 is 6.03 Å². The summed E-state index contributed by atoms with van der Waals surface area (Å²) in [6.07, 6.45) is 1.60. The Hall–Kier alpha value is -2.34. The highest BCUT2D eigenvalue weighted by Crippen LogP contribution is 2.30. The SMILES string of the molecule is Nc1ncc2c(n1)NC(=O)N(c1ccccc1Cl)C2. The Morgan fingerprint density at radius 1 is 1.37 bits per heavy atom. The number of carbonyl (C=O) groups is 1.